The standard InChI is InChI=1S/C13H17NO5/c1-14-10(8-6-4-5-7-8)9(12(15)17-2)11(19-14)13(16)18-3/h4,6-7,9-11H,5H2,1-3H3/t9-,10+,11+/m0/s1. The summed E-state index contributed by atoms with van der Waals surface area (Å²) in [6.07, 6.45) is 5.77. The molecule has 19 heavy (non-hydrogen) atoms. The van der Waals surface area contributed by atoms with Crippen LogP contribution in [0.15, 0.2) is 23.8 Å². The van der Waals surface area contributed by atoms with Crippen LogP contribution in [0, 0.1) is 5.92 Å². The Labute approximate surface area is 111 Å². The number of esters is 2. The predicted molar refractivity (Wildman–Crippen MR) is 65.8 cm³/mol. The van der Waals surface area contributed by atoms with Gasteiger partial charge in [0, 0.05) is 7.05 Å². The van der Waals surface area contributed by atoms with Crippen LogP contribution < -0.4 is 0 Å². The summed E-state index contributed by atoms with van der Waals surface area (Å²) in [5.41, 5.74) is 0.948. The zero-order valence-corrected chi connectivity index (χ0v) is 11.2. The maximum Gasteiger partial charge on any atom is 0.338 e. The van der Waals surface area contributed by atoms with Crippen molar-refractivity contribution in [2.45, 2.75) is 18.6 Å². The number of rotatable bonds is 3. The van der Waals surface area contributed by atoms with Crippen LogP contribution in [0.5, 0.6) is 0 Å². The highest BCUT2D eigenvalue weighted by molar-refractivity contribution is 5.85. The first-order chi connectivity index (χ1) is 9.10. The van der Waals surface area contributed by atoms with Gasteiger partial charge in [-0.25, -0.2) is 4.79 Å². The number of hydroxylamine groups is 2. The van der Waals surface area contributed by atoms with Gasteiger partial charge in [-0.15, -0.1) is 0 Å². The summed E-state index contributed by atoms with van der Waals surface area (Å²) in [6.45, 7) is 0. The monoisotopic (exact) mass is 267 g/mol. The van der Waals surface area contributed by atoms with Crippen LogP contribution >= 0.6 is 0 Å². The number of carbonyl (C=O) groups excluding carboxylic acids is 2. The van der Waals surface area contributed by atoms with Gasteiger partial charge < -0.3 is 9.47 Å². The Hall–Kier alpha value is -1.66. The molecule has 2 aliphatic rings. The maximum absolute atomic E-state index is 12.0. The third-order valence-electron chi connectivity index (χ3n) is 3.39. The maximum atomic E-state index is 12.0. The van der Waals surface area contributed by atoms with E-state index < -0.39 is 24.0 Å². The Kier molecular flexibility index (Phi) is 4.01. The average molecular weight is 267 g/mol. The van der Waals surface area contributed by atoms with E-state index in [-0.39, 0.29) is 6.04 Å². The van der Waals surface area contributed by atoms with Crippen molar-refractivity contribution in [3.05, 3.63) is 23.8 Å². The second-order valence-electron chi connectivity index (χ2n) is 4.43. The van der Waals surface area contributed by atoms with Gasteiger partial charge in [0.2, 0.25) is 0 Å². The first kappa shape index (κ1) is 13.8. The highest BCUT2D eigenvalue weighted by Gasteiger charge is 2.52. The van der Waals surface area contributed by atoms with E-state index in [1.165, 1.54) is 19.3 Å². The van der Waals surface area contributed by atoms with Gasteiger partial charge in [0.15, 0.2) is 6.10 Å². The lowest BCUT2D eigenvalue weighted by molar-refractivity contribution is -0.180. The average Bonchev–Trinajstić information content (AvgIpc) is 3.03. The van der Waals surface area contributed by atoms with Crippen molar-refractivity contribution in [3.63, 3.8) is 0 Å². The molecule has 0 spiro atoms. The van der Waals surface area contributed by atoms with Crippen LogP contribution in [0.1, 0.15) is 6.42 Å². The molecule has 1 aliphatic heterocycles. The number of hydrogen-bond donors (Lipinski definition) is 0. The topological polar surface area (TPSA) is 65.1 Å². The zero-order chi connectivity index (χ0) is 14.0. The van der Waals surface area contributed by atoms with E-state index in [0.717, 1.165) is 12.0 Å². The Morgan fingerprint density at radius 2 is 2.00 bits per heavy atom. The molecule has 1 fully saturated rings. The van der Waals surface area contributed by atoms with Crippen molar-refractivity contribution in [2.24, 2.45) is 5.92 Å². The normalized spacial score (nSPS) is 30.3. The molecule has 0 radical (unpaired) electrons. The Bertz CT molecular complexity index is 442. The first-order valence-corrected chi connectivity index (χ1v) is 6.02. The van der Waals surface area contributed by atoms with Crippen molar-refractivity contribution < 1.29 is 23.9 Å². The third-order valence-corrected chi connectivity index (χ3v) is 3.39. The molecule has 0 bridgehead atoms. The van der Waals surface area contributed by atoms with Gasteiger partial charge in [-0.1, -0.05) is 18.2 Å². The molecule has 6 nitrogen and oxygen atoms in total. The van der Waals surface area contributed by atoms with E-state index in [1.807, 2.05) is 18.2 Å². The largest absolute Gasteiger partial charge is 0.469 e. The summed E-state index contributed by atoms with van der Waals surface area (Å²) < 4.78 is 9.48. The van der Waals surface area contributed by atoms with Crippen molar-refractivity contribution in [3.8, 4) is 0 Å². The number of hydrogen-bond acceptors (Lipinski definition) is 6. The fourth-order valence-corrected chi connectivity index (χ4v) is 2.51. The number of methoxy groups -OCH3 is 2. The van der Waals surface area contributed by atoms with Crippen molar-refractivity contribution in [1.29, 1.82) is 0 Å². The van der Waals surface area contributed by atoms with Gasteiger partial charge in [0.25, 0.3) is 0 Å². The Morgan fingerprint density at radius 1 is 1.32 bits per heavy atom. The van der Waals surface area contributed by atoms with Crippen molar-refractivity contribution >= 4 is 11.9 Å². The molecule has 2 rings (SSSR count). The molecule has 6 heteroatoms. The molecule has 0 aromatic rings. The summed E-state index contributed by atoms with van der Waals surface area (Å²) in [7, 11) is 4.25. The SMILES string of the molecule is COC(=O)[C@H]1[C@@H](C2=CCC=C2)N(C)O[C@H]1C(=O)OC. The van der Waals surface area contributed by atoms with Crippen LogP contribution in [0.25, 0.3) is 0 Å². The van der Waals surface area contributed by atoms with Gasteiger partial charge >= 0.3 is 11.9 Å². The molecule has 1 aliphatic carbocycles. The molecule has 0 amide bonds. The number of ether oxygens (including phenoxy) is 2. The number of likely N-dealkylation sites (N-methyl/N-ethyl adjacent to an activating group) is 1. The van der Waals surface area contributed by atoms with Crippen LogP contribution in [0.4, 0.5) is 0 Å². The quantitative estimate of drug-likeness (QED) is 0.692. The number of carbonyl (C=O) groups is 2. The van der Waals surface area contributed by atoms with E-state index in [9.17, 15) is 9.59 Å². The highest BCUT2D eigenvalue weighted by atomic mass is 16.7. The fraction of sp³-hybridized carbons (Fsp3) is 0.538. The van der Waals surface area contributed by atoms with Gasteiger partial charge in [0.1, 0.15) is 5.92 Å². The van der Waals surface area contributed by atoms with Crippen LogP contribution in [0.2, 0.25) is 0 Å². The fourth-order valence-electron chi connectivity index (χ4n) is 2.51. The van der Waals surface area contributed by atoms with E-state index in [2.05, 4.69) is 4.74 Å². The molecule has 1 saturated heterocycles. The molecule has 0 aromatic carbocycles. The second-order valence-corrected chi connectivity index (χ2v) is 4.43. The first-order valence-electron chi connectivity index (χ1n) is 6.02. The molecule has 1 heterocycles. The van der Waals surface area contributed by atoms with Crippen LogP contribution in [-0.4, -0.2) is 50.4 Å². The molecule has 0 saturated carbocycles. The summed E-state index contributed by atoms with van der Waals surface area (Å²) in [5.74, 6) is -1.78. The van der Waals surface area contributed by atoms with Gasteiger partial charge in [-0.3, -0.25) is 9.63 Å². The minimum atomic E-state index is -0.970. The lowest BCUT2D eigenvalue weighted by Crippen LogP contribution is -2.39. The van der Waals surface area contributed by atoms with Crippen LogP contribution in [-0.2, 0) is 23.9 Å². The smallest absolute Gasteiger partial charge is 0.338 e. The predicted octanol–water partition coefficient (Wildman–Crippen LogP) is 0.449. The third kappa shape index (κ3) is 2.41. The molecule has 3 atom stereocenters. The van der Waals surface area contributed by atoms with Gasteiger partial charge in [0.05, 0.1) is 20.3 Å². The lowest BCUT2D eigenvalue weighted by atomic mass is 9.89. The van der Waals surface area contributed by atoms with E-state index in [1.54, 1.807) is 7.05 Å². The summed E-state index contributed by atoms with van der Waals surface area (Å²) in [6, 6.07) is -0.338. The van der Waals surface area contributed by atoms with Gasteiger partial charge in [-0.2, -0.15) is 5.06 Å². The summed E-state index contributed by atoms with van der Waals surface area (Å²) in [5, 5.41) is 1.52. The molecule has 104 valence electrons. The van der Waals surface area contributed by atoms with Gasteiger partial charge in [-0.05, 0) is 12.0 Å². The summed E-state index contributed by atoms with van der Waals surface area (Å²) >= 11 is 0. The molecule has 0 N–H and O–H groups in total. The van der Waals surface area contributed by atoms with Crippen molar-refractivity contribution in [2.75, 3.05) is 21.3 Å². The minimum absolute atomic E-state index is 0.338. The Morgan fingerprint density at radius 3 is 2.53 bits per heavy atom. The van der Waals surface area contributed by atoms with Crippen LogP contribution in [0.3, 0.4) is 0 Å². The molecular formula is C13H17NO5. The number of allylic oxidation sites excluding steroid dienone is 2. The molecule has 0 unspecified atom stereocenters. The van der Waals surface area contributed by atoms with E-state index in [4.69, 9.17) is 9.57 Å². The Balaban J connectivity index is 2.32. The molecule has 0 aromatic heterocycles. The van der Waals surface area contributed by atoms with E-state index >= 15 is 0 Å². The van der Waals surface area contributed by atoms with E-state index in [0.29, 0.717) is 0 Å². The highest BCUT2D eigenvalue weighted by Crippen LogP contribution is 2.34. The second kappa shape index (κ2) is 5.54. The minimum Gasteiger partial charge on any atom is -0.469 e. The molecular weight excluding hydrogens is 250 g/mol. The van der Waals surface area contributed by atoms with Crippen molar-refractivity contribution in [1.82, 2.24) is 5.06 Å². The lowest BCUT2D eigenvalue weighted by Gasteiger charge is -2.21. The summed E-state index contributed by atoms with van der Waals surface area (Å²) in [4.78, 5) is 29.2. The number of nitrogens with zero attached hydrogens (tertiary/aromatic N) is 1. The zero-order valence-electron chi connectivity index (χ0n) is 11.2.